The first kappa shape index (κ1) is 30.9. The quantitative estimate of drug-likeness (QED) is 0.244. The zero-order chi connectivity index (χ0) is 26.3. The van der Waals surface area contributed by atoms with Crippen LogP contribution in [0.1, 0.15) is 57.4 Å². The minimum atomic E-state index is 0. The van der Waals surface area contributed by atoms with Crippen molar-refractivity contribution in [2.24, 2.45) is 5.73 Å². The SMILES string of the molecule is CC(c1ccccc1)c1cncc(C(=O)N2CC=C(c3cc(CN)ccc3OCc3ccccc3)CC2)c1.Cl.Cl. The average molecular weight is 577 g/mol. The first-order valence-corrected chi connectivity index (χ1v) is 13.1. The molecule has 1 amide bonds. The van der Waals surface area contributed by atoms with Crippen molar-refractivity contribution in [3.05, 3.63) is 137 Å². The molecule has 7 heteroatoms. The molecule has 3 aromatic carbocycles. The van der Waals surface area contributed by atoms with Gasteiger partial charge in [-0.2, -0.15) is 0 Å². The molecule has 1 aliphatic heterocycles. The van der Waals surface area contributed by atoms with Gasteiger partial charge in [0.15, 0.2) is 0 Å². The van der Waals surface area contributed by atoms with E-state index in [-0.39, 0.29) is 36.6 Å². The topological polar surface area (TPSA) is 68.5 Å². The normalized spacial score (nSPS) is 13.3. The maximum Gasteiger partial charge on any atom is 0.255 e. The number of pyridine rings is 1. The molecule has 208 valence electrons. The van der Waals surface area contributed by atoms with Gasteiger partial charge < -0.3 is 15.4 Å². The van der Waals surface area contributed by atoms with Crippen molar-refractivity contribution in [1.29, 1.82) is 0 Å². The van der Waals surface area contributed by atoms with Crippen LogP contribution in [-0.2, 0) is 13.2 Å². The molecule has 2 heterocycles. The van der Waals surface area contributed by atoms with Gasteiger partial charge >= 0.3 is 0 Å². The highest BCUT2D eigenvalue weighted by atomic mass is 35.5. The van der Waals surface area contributed by atoms with E-state index >= 15 is 0 Å². The second-order valence-corrected chi connectivity index (χ2v) is 9.68. The van der Waals surface area contributed by atoms with Crippen molar-refractivity contribution in [1.82, 2.24) is 9.88 Å². The first-order valence-electron chi connectivity index (χ1n) is 13.1. The van der Waals surface area contributed by atoms with Crippen molar-refractivity contribution < 1.29 is 9.53 Å². The fraction of sp³-hybridized carbons (Fsp3) is 0.212. The van der Waals surface area contributed by atoms with Crippen molar-refractivity contribution in [2.45, 2.75) is 32.4 Å². The number of hydrogen-bond donors (Lipinski definition) is 1. The Kier molecular flexibility index (Phi) is 11.3. The van der Waals surface area contributed by atoms with E-state index in [9.17, 15) is 4.79 Å². The highest BCUT2D eigenvalue weighted by Gasteiger charge is 2.22. The Morgan fingerprint density at radius 1 is 0.925 bits per heavy atom. The van der Waals surface area contributed by atoms with Gasteiger partial charge in [-0.05, 0) is 52.4 Å². The molecule has 40 heavy (non-hydrogen) atoms. The summed E-state index contributed by atoms with van der Waals surface area (Å²) in [5, 5.41) is 0. The molecule has 5 nitrogen and oxygen atoms in total. The smallest absolute Gasteiger partial charge is 0.255 e. The Morgan fingerprint density at radius 3 is 2.33 bits per heavy atom. The number of aromatic nitrogens is 1. The highest BCUT2D eigenvalue weighted by Crippen LogP contribution is 2.32. The van der Waals surface area contributed by atoms with Crippen LogP contribution in [0.3, 0.4) is 0 Å². The zero-order valence-corrected chi connectivity index (χ0v) is 24.2. The summed E-state index contributed by atoms with van der Waals surface area (Å²) in [6.45, 7) is 4.28. The lowest BCUT2D eigenvalue weighted by molar-refractivity contribution is 0.0772. The molecule has 0 aliphatic carbocycles. The minimum absolute atomic E-state index is 0. The van der Waals surface area contributed by atoms with Crippen LogP contribution in [0.25, 0.3) is 5.57 Å². The Hall–Kier alpha value is -3.64. The molecule has 1 atom stereocenters. The van der Waals surface area contributed by atoms with Crippen LogP contribution < -0.4 is 10.5 Å². The van der Waals surface area contributed by atoms with E-state index in [1.165, 1.54) is 11.1 Å². The lowest BCUT2D eigenvalue weighted by Crippen LogP contribution is -2.34. The maximum atomic E-state index is 13.4. The predicted molar refractivity (Wildman–Crippen MR) is 166 cm³/mol. The summed E-state index contributed by atoms with van der Waals surface area (Å²) in [5.41, 5.74) is 13.2. The molecule has 4 aromatic rings. The van der Waals surface area contributed by atoms with Crippen molar-refractivity contribution in [3.8, 4) is 5.75 Å². The van der Waals surface area contributed by atoms with Crippen molar-refractivity contribution in [3.63, 3.8) is 0 Å². The van der Waals surface area contributed by atoms with Gasteiger partial charge in [-0.15, -0.1) is 24.8 Å². The lowest BCUT2D eigenvalue weighted by atomic mass is 9.93. The summed E-state index contributed by atoms with van der Waals surface area (Å²) in [5.74, 6) is 1.00. The van der Waals surface area contributed by atoms with E-state index < -0.39 is 0 Å². The largest absolute Gasteiger partial charge is 0.488 e. The Labute approximate surface area is 248 Å². The molecular formula is C33H35Cl2N3O2. The summed E-state index contributed by atoms with van der Waals surface area (Å²) < 4.78 is 6.22. The summed E-state index contributed by atoms with van der Waals surface area (Å²) in [6, 6.07) is 28.5. The van der Waals surface area contributed by atoms with Gasteiger partial charge in [0.1, 0.15) is 12.4 Å². The summed E-state index contributed by atoms with van der Waals surface area (Å²) in [6.07, 6.45) is 6.40. The first-order chi connectivity index (χ1) is 18.6. The number of carbonyl (C=O) groups is 1. The number of benzene rings is 3. The number of rotatable bonds is 8. The molecule has 0 fully saturated rings. The number of carbonyl (C=O) groups excluding carboxylic acids is 1. The Balaban J connectivity index is 0.00000220. The van der Waals surface area contributed by atoms with Crippen LogP contribution in [-0.4, -0.2) is 28.9 Å². The van der Waals surface area contributed by atoms with Gasteiger partial charge in [0.2, 0.25) is 0 Å². The highest BCUT2D eigenvalue weighted by molar-refractivity contribution is 5.94. The van der Waals surface area contributed by atoms with Crippen LogP contribution >= 0.6 is 24.8 Å². The molecule has 0 radical (unpaired) electrons. The molecule has 1 aromatic heterocycles. The molecular weight excluding hydrogens is 541 g/mol. The van der Waals surface area contributed by atoms with E-state index in [0.29, 0.717) is 31.8 Å². The molecule has 1 aliphatic rings. The van der Waals surface area contributed by atoms with Gasteiger partial charge in [0, 0.05) is 43.5 Å². The van der Waals surface area contributed by atoms with Crippen LogP contribution in [0.15, 0.2) is 103 Å². The number of hydrogen-bond acceptors (Lipinski definition) is 4. The zero-order valence-electron chi connectivity index (χ0n) is 22.5. The number of halogens is 2. The predicted octanol–water partition coefficient (Wildman–Crippen LogP) is 7.04. The van der Waals surface area contributed by atoms with E-state index in [4.69, 9.17) is 10.5 Å². The molecule has 5 rings (SSSR count). The molecule has 0 saturated heterocycles. The Bertz CT molecular complexity index is 1430. The van der Waals surface area contributed by atoms with Crippen LogP contribution in [0, 0.1) is 0 Å². The number of ether oxygens (including phenoxy) is 1. The fourth-order valence-corrected chi connectivity index (χ4v) is 4.84. The van der Waals surface area contributed by atoms with Crippen molar-refractivity contribution in [2.75, 3.05) is 13.1 Å². The molecule has 2 N–H and O–H groups in total. The van der Waals surface area contributed by atoms with Gasteiger partial charge in [-0.25, -0.2) is 0 Å². The monoisotopic (exact) mass is 575 g/mol. The summed E-state index contributed by atoms with van der Waals surface area (Å²) in [4.78, 5) is 19.7. The van der Waals surface area contributed by atoms with Gasteiger partial charge in [0.25, 0.3) is 5.91 Å². The standard InChI is InChI=1S/C33H33N3O2.2ClH/c1-24(27-10-6-3-7-11-27)29-19-30(22-35-21-29)33(37)36-16-14-28(15-17-36)31-18-26(20-34)12-13-32(31)38-23-25-8-4-2-5-9-25;;/h2-14,18-19,21-22,24H,15-17,20,23,34H2,1H3;2*1H. The summed E-state index contributed by atoms with van der Waals surface area (Å²) in [7, 11) is 0. The summed E-state index contributed by atoms with van der Waals surface area (Å²) >= 11 is 0. The third-order valence-corrected chi connectivity index (χ3v) is 7.17. The van der Waals surface area contributed by atoms with E-state index in [2.05, 4.69) is 48.3 Å². The minimum Gasteiger partial charge on any atom is -0.488 e. The number of nitrogens with zero attached hydrogens (tertiary/aromatic N) is 2. The third-order valence-electron chi connectivity index (χ3n) is 7.17. The molecule has 0 spiro atoms. The van der Waals surface area contributed by atoms with E-state index in [1.807, 2.05) is 65.7 Å². The average Bonchev–Trinajstić information content (AvgIpc) is 3.00. The molecule has 1 unspecified atom stereocenters. The van der Waals surface area contributed by atoms with E-state index in [0.717, 1.165) is 34.4 Å². The van der Waals surface area contributed by atoms with Crippen LogP contribution in [0.5, 0.6) is 5.75 Å². The number of nitrogens with two attached hydrogens (primary N) is 1. The number of amides is 1. The Morgan fingerprint density at radius 2 is 1.65 bits per heavy atom. The maximum absolute atomic E-state index is 13.4. The second-order valence-electron chi connectivity index (χ2n) is 9.68. The second kappa shape index (κ2) is 14.7. The fourth-order valence-electron chi connectivity index (χ4n) is 4.84. The van der Waals surface area contributed by atoms with Crippen LogP contribution in [0.4, 0.5) is 0 Å². The third kappa shape index (κ3) is 7.30. The van der Waals surface area contributed by atoms with Crippen LogP contribution in [0.2, 0.25) is 0 Å². The van der Waals surface area contributed by atoms with Gasteiger partial charge in [-0.1, -0.05) is 79.7 Å². The lowest BCUT2D eigenvalue weighted by Gasteiger charge is -2.28. The molecule has 0 saturated carbocycles. The van der Waals surface area contributed by atoms with Gasteiger partial charge in [-0.3, -0.25) is 9.78 Å². The van der Waals surface area contributed by atoms with Crippen molar-refractivity contribution >= 4 is 36.3 Å². The van der Waals surface area contributed by atoms with Gasteiger partial charge in [0.05, 0.1) is 5.56 Å². The molecule has 0 bridgehead atoms. The van der Waals surface area contributed by atoms with E-state index in [1.54, 1.807) is 6.20 Å².